The van der Waals surface area contributed by atoms with E-state index >= 15 is 0 Å². The van der Waals surface area contributed by atoms with Crippen molar-refractivity contribution in [1.82, 2.24) is 15.2 Å². The van der Waals surface area contributed by atoms with Crippen LogP contribution in [0.15, 0.2) is 20.9 Å². The zero-order chi connectivity index (χ0) is 14.4. The molecule has 1 fully saturated rings. The van der Waals surface area contributed by atoms with Gasteiger partial charge in [-0.2, -0.15) is 0 Å². The summed E-state index contributed by atoms with van der Waals surface area (Å²) in [5.74, 6) is 2.15. The van der Waals surface area contributed by atoms with Gasteiger partial charge in [0, 0.05) is 44.0 Å². The van der Waals surface area contributed by atoms with E-state index in [9.17, 15) is 0 Å². The lowest BCUT2D eigenvalue weighted by Gasteiger charge is -2.23. The first-order chi connectivity index (χ1) is 9.61. The summed E-state index contributed by atoms with van der Waals surface area (Å²) in [6.45, 7) is 7.83. The summed E-state index contributed by atoms with van der Waals surface area (Å²) in [5.41, 5.74) is 0.415. The van der Waals surface area contributed by atoms with Crippen molar-refractivity contribution in [2.45, 2.75) is 31.0 Å². The maximum absolute atomic E-state index is 4.40. The molecule has 1 aliphatic heterocycles. The molecular weight excluding hydrogens is 288 g/mol. The van der Waals surface area contributed by atoms with E-state index in [4.69, 9.17) is 0 Å². The molecule has 0 aromatic carbocycles. The van der Waals surface area contributed by atoms with Crippen LogP contribution in [-0.2, 0) is 0 Å². The Morgan fingerprint density at radius 1 is 1.60 bits per heavy atom. The molecule has 0 radical (unpaired) electrons. The number of hydrogen-bond donors (Lipinski definition) is 1. The number of thiazole rings is 1. The summed E-state index contributed by atoms with van der Waals surface area (Å²) in [6, 6.07) is 0. The Kier molecular flexibility index (Phi) is 5.72. The number of aromatic nitrogens is 1. The van der Waals surface area contributed by atoms with Crippen molar-refractivity contribution in [2.75, 3.05) is 32.4 Å². The number of guanidine groups is 1. The fourth-order valence-corrected chi connectivity index (χ4v) is 3.99. The Hall–Kier alpha value is -0.750. The fourth-order valence-electron chi connectivity index (χ4n) is 2.34. The molecule has 0 atom stereocenters. The van der Waals surface area contributed by atoms with E-state index in [-0.39, 0.29) is 0 Å². The second kappa shape index (κ2) is 7.31. The standard InChI is InChI=1S/C14H24N4S2/c1-14(2)5-8-18(11-14)12(15-3)16-6-4-9-19-13-17-7-10-20-13/h7,10H,4-6,8-9,11H2,1-3H3,(H,15,16). The maximum atomic E-state index is 4.40. The third-order valence-corrected chi connectivity index (χ3v) is 5.48. The largest absolute Gasteiger partial charge is 0.356 e. The van der Waals surface area contributed by atoms with Crippen LogP contribution in [0.3, 0.4) is 0 Å². The van der Waals surface area contributed by atoms with Crippen molar-refractivity contribution in [3.8, 4) is 0 Å². The smallest absolute Gasteiger partial charge is 0.193 e. The van der Waals surface area contributed by atoms with Gasteiger partial charge in [-0.05, 0) is 18.3 Å². The molecule has 1 aliphatic rings. The first kappa shape index (κ1) is 15.6. The highest BCUT2D eigenvalue weighted by atomic mass is 32.2. The molecule has 0 bridgehead atoms. The number of hydrogen-bond acceptors (Lipinski definition) is 4. The molecule has 1 N–H and O–H groups in total. The van der Waals surface area contributed by atoms with Gasteiger partial charge in [-0.1, -0.05) is 25.6 Å². The lowest BCUT2D eigenvalue weighted by Crippen LogP contribution is -2.41. The first-order valence-corrected chi connectivity index (χ1v) is 8.95. The fraction of sp³-hybridized carbons (Fsp3) is 0.714. The van der Waals surface area contributed by atoms with E-state index in [1.165, 1.54) is 6.42 Å². The minimum absolute atomic E-state index is 0.415. The number of nitrogens with zero attached hydrogens (tertiary/aromatic N) is 3. The van der Waals surface area contributed by atoms with Gasteiger partial charge >= 0.3 is 0 Å². The monoisotopic (exact) mass is 312 g/mol. The Labute approximate surface area is 130 Å². The van der Waals surface area contributed by atoms with Gasteiger partial charge in [-0.15, -0.1) is 11.3 Å². The van der Waals surface area contributed by atoms with E-state index in [1.807, 2.05) is 30.4 Å². The molecule has 1 saturated heterocycles. The highest BCUT2D eigenvalue weighted by Crippen LogP contribution is 2.28. The number of rotatable bonds is 5. The highest BCUT2D eigenvalue weighted by molar-refractivity contribution is 8.00. The molecule has 0 spiro atoms. The second-order valence-electron chi connectivity index (χ2n) is 5.81. The lowest BCUT2D eigenvalue weighted by atomic mass is 9.93. The summed E-state index contributed by atoms with van der Waals surface area (Å²) in [4.78, 5) is 11.0. The van der Waals surface area contributed by atoms with Crippen LogP contribution in [0.4, 0.5) is 0 Å². The predicted octanol–water partition coefficient (Wildman–Crippen LogP) is 2.93. The van der Waals surface area contributed by atoms with Gasteiger partial charge in [0.1, 0.15) is 4.34 Å². The minimum Gasteiger partial charge on any atom is -0.356 e. The molecule has 0 unspecified atom stereocenters. The van der Waals surface area contributed by atoms with Crippen LogP contribution in [0, 0.1) is 5.41 Å². The molecule has 1 aromatic rings. The van der Waals surface area contributed by atoms with Gasteiger partial charge in [0.2, 0.25) is 0 Å². The van der Waals surface area contributed by atoms with Gasteiger partial charge in [0.15, 0.2) is 5.96 Å². The Morgan fingerprint density at radius 3 is 3.05 bits per heavy atom. The van der Waals surface area contributed by atoms with Crippen LogP contribution in [0.5, 0.6) is 0 Å². The maximum Gasteiger partial charge on any atom is 0.193 e. The highest BCUT2D eigenvalue weighted by Gasteiger charge is 2.30. The number of aliphatic imine (C=N–C) groups is 1. The zero-order valence-corrected chi connectivity index (χ0v) is 14.2. The van der Waals surface area contributed by atoms with Crippen molar-refractivity contribution in [3.63, 3.8) is 0 Å². The molecule has 4 nitrogen and oxygen atoms in total. The van der Waals surface area contributed by atoms with Crippen molar-refractivity contribution in [3.05, 3.63) is 11.6 Å². The Morgan fingerprint density at radius 2 is 2.45 bits per heavy atom. The van der Waals surface area contributed by atoms with Gasteiger partial charge in [0.25, 0.3) is 0 Å². The zero-order valence-electron chi connectivity index (χ0n) is 12.6. The first-order valence-electron chi connectivity index (χ1n) is 7.09. The molecule has 20 heavy (non-hydrogen) atoms. The van der Waals surface area contributed by atoms with Crippen LogP contribution in [0.25, 0.3) is 0 Å². The third-order valence-electron chi connectivity index (χ3n) is 3.43. The van der Waals surface area contributed by atoms with Gasteiger partial charge in [-0.25, -0.2) is 4.98 Å². The Balaban J connectivity index is 1.65. The molecule has 6 heteroatoms. The van der Waals surface area contributed by atoms with Crippen molar-refractivity contribution in [1.29, 1.82) is 0 Å². The normalized spacial score (nSPS) is 18.6. The summed E-state index contributed by atoms with van der Waals surface area (Å²) in [5, 5.41) is 5.50. The average Bonchev–Trinajstić information content (AvgIpc) is 3.03. The van der Waals surface area contributed by atoms with Crippen molar-refractivity contribution in [2.24, 2.45) is 10.4 Å². The number of thioether (sulfide) groups is 1. The van der Waals surface area contributed by atoms with Crippen LogP contribution < -0.4 is 5.32 Å². The molecule has 1 aromatic heterocycles. The predicted molar refractivity (Wildman–Crippen MR) is 88.8 cm³/mol. The van der Waals surface area contributed by atoms with E-state index < -0.39 is 0 Å². The molecule has 0 saturated carbocycles. The van der Waals surface area contributed by atoms with Crippen molar-refractivity contribution >= 4 is 29.1 Å². The molecule has 0 amide bonds. The summed E-state index contributed by atoms with van der Waals surface area (Å²) in [6.07, 6.45) is 4.23. The summed E-state index contributed by atoms with van der Waals surface area (Å²) < 4.78 is 1.16. The van der Waals surface area contributed by atoms with Gasteiger partial charge < -0.3 is 10.2 Å². The summed E-state index contributed by atoms with van der Waals surface area (Å²) in [7, 11) is 1.87. The second-order valence-corrected chi connectivity index (χ2v) is 8.05. The van der Waals surface area contributed by atoms with Crippen LogP contribution in [0.2, 0.25) is 0 Å². The third kappa shape index (κ3) is 4.66. The molecule has 2 heterocycles. The van der Waals surface area contributed by atoms with Gasteiger partial charge in [-0.3, -0.25) is 4.99 Å². The Bertz CT molecular complexity index is 428. The van der Waals surface area contributed by atoms with Gasteiger partial charge in [0.05, 0.1) is 0 Å². The SMILES string of the molecule is CN=C(NCCCSc1nccs1)N1CCC(C)(C)C1. The topological polar surface area (TPSA) is 40.5 Å². The van der Waals surface area contributed by atoms with E-state index in [1.54, 1.807) is 11.3 Å². The van der Waals surface area contributed by atoms with E-state index in [0.717, 1.165) is 42.1 Å². The van der Waals surface area contributed by atoms with Crippen LogP contribution in [-0.4, -0.2) is 48.3 Å². The molecular formula is C14H24N4S2. The average molecular weight is 313 g/mol. The number of likely N-dealkylation sites (tertiary alicyclic amines) is 1. The number of nitrogens with one attached hydrogen (secondary N) is 1. The lowest BCUT2D eigenvalue weighted by molar-refractivity contribution is 0.370. The quantitative estimate of drug-likeness (QED) is 0.393. The van der Waals surface area contributed by atoms with Crippen molar-refractivity contribution < 1.29 is 0 Å². The van der Waals surface area contributed by atoms with Crippen LogP contribution in [0.1, 0.15) is 26.7 Å². The van der Waals surface area contributed by atoms with E-state index in [2.05, 4.69) is 34.0 Å². The minimum atomic E-state index is 0.415. The van der Waals surface area contributed by atoms with E-state index in [0.29, 0.717) is 5.41 Å². The summed E-state index contributed by atoms with van der Waals surface area (Å²) >= 11 is 3.54. The molecule has 0 aliphatic carbocycles. The molecule has 112 valence electrons. The molecule has 2 rings (SSSR count). The van der Waals surface area contributed by atoms with Crippen LogP contribution >= 0.6 is 23.1 Å².